The zero-order valence-corrected chi connectivity index (χ0v) is 15.4. The maximum Gasteiger partial charge on any atom is 0.225 e. The molecule has 1 atom stereocenters. The number of fused-ring (bicyclic) bond motifs is 3. The number of thiophene rings is 1. The van der Waals surface area contributed by atoms with Crippen molar-refractivity contribution >= 4 is 34.1 Å². The monoisotopic (exact) mass is 367 g/mol. The number of hydrogen-bond acceptors (Lipinski definition) is 3. The van der Waals surface area contributed by atoms with Crippen LogP contribution in [0.5, 0.6) is 0 Å². The fourth-order valence-electron chi connectivity index (χ4n) is 3.64. The van der Waals surface area contributed by atoms with Gasteiger partial charge in [0.05, 0.1) is 12.5 Å². The summed E-state index contributed by atoms with van der Waals surface area (Å²) >= 11 is 1.56. The first-order valence-corrected chi connectivity index (χ1v) is 9.66. The highest BCUT2D eigenvalue weighted by Crippen LogP contribution is 2.29. The van der Waals surface area contributed by atoms with Crippen LogP contribution in [0.15, 0.2) is 41.8 Å². The van der Waals surface area contributed by atoms with Gasteiger partial charge in [0, 0.05) is 53.5 Å². The van der Waals surface area contributed by atoms with Gasteiger partial charge in [-0.25, -0.2) is 0 Å². The van der Waals surface area contributed by atoms with Crippen LogP contribution in [0.2, 0.25) is 0 Å². The maximum absolute atomic E-state index is 12.9. The van der Waals surface area contributed by atoms with Crippen LogP contribution >= 0.6 is 11.3 Å². The van der Waals surface area contributed by atoms with Crippen molar-refractivity contribution in [2.75, 3.05) is 6.54 Å². The van der Waals surface area contributed by atoms with E-state index in [9.17, 15) is 9.59 Å². The maximum atomic E-state index is 12.9. The average Bonchev–Trinajstić information content (AvgIpc) is 3.28. The lowest BCUT2D eigenvalue weighted by atomic mass is 10.0. The molecule has 0 radical (unpaired) electrons. The van der Waals surface area contributed by atoms with E-state index in [1.165, 1.54) is 23.6 Å². The fourth-order valence-corrected chi connectivity index (χ4v) is 4.42. The molecule has 0 saturated carbocycles. The molecule has 3 heterocycles. The Hall–Kier alpha value is -2.60. The molecule has 0 aliphatic carbocycles. The van der Waals surface area contributed by atoms with E-state index in [4.69, 9.17) is 0 Å². The van der Waals surface area contributed by atoms with Gasteiger partial charge in [-0.1, -0.05) is 24.3 Å². The highest BCUT2D eigenvalue weighted by Gasteiger charge is 2.26. The minimum absolute atomic E-state index is 0.0769. The highest BCUT2D eigenvalue weighted by atomic mass is 32.1. The molecule has 2 aromatic heterocycles. The Bertz CT molecular complexity index is 945. The van der Waals surface area contributed by atoms with Gasteiger partial charge in [-0.2, -0.15) is 0 Å². The van der Waals surface area contributed by atoms with Crippen molar-refractivity contribution in [3.63, 3.8) is 0 Å². The van der Waals surface area contributed by atoms with Gasteiger partial charge in [0.15, 0.2) is 0 Å². The first-order chi connectivity index (χ1) is 12.6. The van der Waals surface area contributed by atoms with Crippen LogP contribution in [0.1, 0.15) is 35.5 Å². The number of carbonyl (C=O) groups is 2. The summed E-state index contributed by atoms with van der Waals surface area (Å²) in [5.41, 5.74) is 3.57. The number of nitrogens with zero attached hydrogens (tertiary/aromatic N) is 1. The van der Waals surface area contributed by atoms with Gasteiger partial charge < -0.3 is 15.2 Å². The summed E-state index contributed by atoms with van der Waals surface area (Å²) in [5, 5.41) is 6.07. The van der Waals surface area contributed by atoms with E-state index >= 15 is 0 Å². The molecule has 1 aliphatic heterocycles. The van der Waals surface area contributed by atoms with Crippen LogP contribution in [0.3, 0.4) is 0 Å². The van der Waals surface area contributed by atoms with Crippen molar-refractivity contribution in [1.29, 1.82) is 0 Å². The van der Waals surface area contributed by atoms with Crippen molar-refractivity contribution in [2.24, 2.45) is 0 Å². The van der Waals surface area contributed by atoms with Crippen LogP contribution in [0.4, 0.5) is 0 Å². The number of hydrogen-bond donors (Lipinski definition) is 2. The van der Waals surface area contributed by atoms with E-state index in [2.05, 4.69) is 22.4 Å². The van der Waals surface area contributed by atoms with Gasteiger partial charge in [-0.3, -0.25) is 9.59 Å². The average molecular weight is 367 g/mol. The summed E-state index contributed by atoms with van der Waals surface area (Å²) in [6.07, 6.45) is 1.12. The lowest BCUT2D eigenvalue weighted by molar-refractivity contribution is -0.132. The fraction of sp³-hybridized carbons (Fsp3) is 0.300. The van der Waals surface area contributed by atoms with E-state index in [-0.39, 0.29) is 24.3 Å². The summed E-state index contributed by atoms with van der Waals surface area (Å²) in [5.74, 6) is -0.0400. The second-order valence-electron chi connectivity index (χ2n) is 6.67. The first-order valence-electron chi connectivity index (χ1n) is 8.78. The number of nitrogens with one attached hydrogen (secondary N) is 2. The molecule has 0 spiro atoms. The molecule has 4 rings (SSSR count). The molecule has 134 valence electrons. The number of benzene rings is 1. The van der Waals surface area contributed by atoms with Crippen molar-refractivity contribution in [3.8, 4) is 0 Å². The van der Waals surface area contributed by atoms with Crippen LogP contribution < -0.4 is 5.32 Å². The molecule has 26 heavy (non-hydrogen) atoms. The minimum atomic E-state index is -0.260. The molecular formula is C20H21N3O2S. The molecule has 2 amide bonds. The predicted molar refractivity (Wildman–Crippen MR) is 103 cm³/mol. The molecule has 1 aliphatic rings. The number of aromatic amines is 1. The highest BCUT2D eigenvalue weighted by molar-refractivity contribution is 7.10. The van der Waals surface area contributed by atoms with Gasteiger partial charge in [-0.05, 0) is 17.5 Å². The standard InChI is InChI=1S/C20H21N3O2S/c1-13(24)21-18(19-7-4-10-26-19)11-20(25)23-9-8-17-15(12-23)14-5-2-3-6-16(14)22-17/h2-7,10,18,22H,8-9,11-12H2,1H3,(H,21,24)/t18-/m0/s1. The molecule has 0 saturated heterocycles. The Kier molecular flexibility index (Phi) is 4.51. The van der Waals surface area contributed by atoms with Crippen molar-refractivity contribution in [1.82, 2.24) is 15.2 Å². The summed E-state index contributed by atoms with van der Waals surface area (Å²) < 4.78 is 0. The molecular weight excluding hydrogens is 346 g/mol. The zero-order valence-electron chi connectivity index (χ0n) is 14.6. The van der Waals surface area contributed by atoms with Gasteiger partial charge in [0.1, 0.15) is 0 Å². The van der Waals surface area contributed by atoms with Gasteiger partial charge in [-0.15, -0.1) is 11.3 Å². The second-order valence-corrected chi connectivity index (χ2v) is 7.64. The molecule has 1 aromatic carbocycles. The third-order valence-electron chi connectivity index (χ3n) is 4.88. The SMILES string of the molecule is CC(=O)N[C@@H](CC(=O)N1CCc2[nH]c3ccccc3c2C1)c1cccs1. The molecule has 0 unspecified atom stereocenters. The number of para-hydroxylation sites is 1. The quantitative estimate of drug-likeness (QED) is 0.742. The summed E-state index contributed by atoms with van der Waals surface area (Å²) in [4.78, 5) is 30.9. The van der Waals surface area contributed by atoms with Crippen molar-refractivity contribution in [3.05, 3.63) is 57.9 Å². The van der Waals surface area contributed by atoms with Crippen LogP contribution in [0.25, 0.3) is 10.9 Å². The summed E-state index contributed by atoms with van der Waals surface area (Å²) in [7, 11) is 0. The van der Waals surface area contributed by atoms with Crippen molar-refractivity contribution < 1.29 is 9.59 Å². The summed E-state index contributed by atoms with van der Waals surface area (Å²) in [6, 6.07) is 11.9. The number of carbonyl (C=O) groups excluding carboxylic acids is 2. The van der Waals surface area contributed by atoms with E-state index in [0.29, 0.717) is 13.1 Å². The smallest absolute Gasteiger partial charge is 0.225 e. The van der Waals surface area contributed by atoms with E-state index in [1.54, 1.807) is 11.3 Å². The first kappa shape index (κ1) is 16.8. The molecule has 0 bridgehead atoms. The van der Waals surface area contributed by atoms with Crippen LogP contribution in [0, 0.1) is 0 Å². The van der Waals surface area contributed by atoms with E-state index < -0.39 is 0 Å². The topological polar surface area (TPSA) is 65.2 Å². The van der Waals surface area contributed by atoms with Gasteiger partial charge in [0.25, 0.3) is 0 Å². The Morgan fingerprint density at radius 3 is 2.88 bits per heavy atom. The lowest BCUT2D eigenvalue weighted by Gasteiger charge is -2.29. The Morgan fingerprint density at radius 2 is 2.12 bits per heavy atom. The number of aromatic nitrogens is 1. The minimum Gasteiger partial charge on any atom is -0.358 e. The predicted octanol–water partition coefficient (Wildman–Crippen LogP) is 3.38. The van der Waals surface area contributed by atoms with E-state index in [0.717, 1.165) is 16.8 Å². The number of amides is 2. The van der Waals surface area contributed by atoms with Crippen LogP contribution in [-0.2, 0) is 22.6 Å². The lowest BCUT2D eigenvalue weighted by Crippen LogP contribution is -2.38. The Labute approximate surface area is 156 Å². The molecule has 2 N–H and O–H groups in total. The number of rotatable bonds is 4. The van der Waals surface area contributed by atoms with Gasteiger partial charge >= 0.3 is 0 Å². The zero-order chi connectivity index (χ0) is 18.1. The van der Waals surface area contributed by atoms with Gasteiger partial charge in [0.2, 0.25) is 11.8 Å². The Morgan fingerprint density at radius 1 is 1.27 bits per heavy atom. The molecule has 3 aromatic rings. The Balaban J connectivity index is 1.52. The van der Waals surface area contributed by atoms with Crippen molar-refractivity contribution in [2.45, 2.75) is 32.4 Å². The third-order valence-corrected chi connectivity index (χ3v) is 5.86. The van der Waals surface area contributed by atoms with Crippen LogP contribution in [-0.4, -0.2) is 28.2 Å². The third kappa shape index (κ3) is 3.24. The molecule has 0 fully saturated rings. The molecule has 5 nitrogen and oxygen atoms in total. The molecule has 6 heteroatoms. The summed E-state index contributed by atoms with van der Waals surface area (Å²) in [6.45, 7) is 2.81. The van der Waals surface area contributed by atoms with E-state index in [1.807, 2.05) is 34.5 Å². The second kappa shape index (κ2) is 6.96. The normalized spacial score (nSPS) is 14.9. The largest absolute Gasteiger partial charge is 0.358 e. The number of H-pyrrole nitrogens is 1.